The second-order valence-electron chi connectivity index (χ2n) is 4.88. The molecule has 4 heteroatoms. The number of methoxy groups -OCH3 is 1. The van der Waals surface area contributed by atoms with E-state index in [0.29, 0.717) is 12.1 Å². The Hall–Kier alpha value is -0.610. The summed E-state index contributed by atoms with van der Waals surface area (Å²) >= 11 is 0. The van der Waals surface area contributed by atoms with Gasteiger partial charge in [0.15, 0.2) is 0 Å². The lowest BCUT2D eigenvalue weighted by atomic mass is 10.0. The molecule has 1 amide bonds. The van der Waals surface area contributed by atoms with Gasteiger partial charge in [0.25, 0.3) is 0 Å². The Morgan fingerprint density at radius 1 is 1.31 bits per heavy atom. The molecular weight excluding hydrogens is 204 g/mol. The van der Waals surface area contributed by atoms with Gasteiger partial charge in [0.1, 0.15) is 0 Å². The number of hydrogen-bond donors (Lipinski definition) is 2. The predicted octanol–water partition coefficient (Wildman–Crippen LogP) is 0.812. The zero-order valence-corrected chi connectivity index (χ0v) is 10.00. The first-order valence-corrected chi connectivity index (χ1v) is 6.36. The molecule has 1 heterocycles. The van der Waals surface area contributed by atoms with Crippen LogP contribution >= 0.6 is 0 Å². The summed E-state index contributed by atoms with van der Waals surface area (Å²) in [6, 6.07) is 0.358. The fraction of sp³-hybridized carbons (Fsp3) is 0.917. The topological polar surface area (TPSA) is 50.4 Å². The third kappa shape index (κ3) is 2.95. The Bertz CT molecular complexity index is 239. The van der Waals surface area contributed by atoms with Crippen LogP contribution in [0.4, 0.5) is 0 Å². The fourth-order valence-electron chi connectivity index (χ4n) is 2.66. The molecule has 0 aromatic carbocycles. The normalized spacial score (nSPS) is 34.9. The van der Waals surface area contributed by atoms with E-state index in [1.165, 1.54) is 6.42 Å². The van der Waals surface area contributed by atoms with E-state index in [1.807, 2.05) is 0 Å². The molecule has 2 unspecified atom stereocenters. The molecule has 2 aliphatic rings. The van der Waals surface area contributed by atoms with Gasteiger partial charge in [-0.1, -0.05) is 6.42 Å². The summed E-state index contributed by atoms with van der Waals surface area (Å²) in [6.07, 6.45) is 6.76. The summed E-state index contributed by atoms with van der Waals surface area (Å²) < 4.78 is 5.30. The van der Waals surface area contributed by atoms with Crippen molar-refractivity contribution in [3.63, 3.8) is 0 Å². The summed E-state index contributed by atoms with van der Waals surface area (Å²) in [4.78, 5) is 11.9. The third-order valence-corrected chi connectivity index (χ3v) is 3.69. The first-order valence-electron chi connectivity index (χ1n) is 6.36. The Balaban J connectivity index is 1.74. The minimum Gasteiger partial charge on any atom is -0.381 e. The third-order valence-electron chi connectivity index (χ3n) is 3.69. The molecule has 0 radical (unpaired) electrons. The van der Waals surface area contributed by atoms with E-state index >= 15 is 0 Å². The Kier molecular flexibility index (Phi) is 4.18. The molecule has 4 nitrogen and oxygen atoms in total. The van der Waals surface area contributed by atoms with Crippen LogP contribution in [0.2, 0.25) is 0 Å². The average Bonchev–Trinajstić information content (AvgIpc) is 2.78. The molecule has 0 spiro atoms. The second kappa shape index (κ2) is 5.64. The van der Waals surface area contributed by atoms with E-state index in [2.05, 4.69) is 10.6 Å². The SMILES string of the molecule is COC1CCC(NC(=O)[C@@H]2CCCCN2)C1. The minimum absolute atomic E-state index is 0.0374. The van der Waals surface area contributed by atoms with E-state index in [-0.39, 0.29) is 11.9 Å². The molecular formula is C12H22N2O2. The number of piperidine rings is 1. The molecule has 0 aromatic heterocycles. The quantitative estimate of drug-likeness (QED) is 0.749. The summed E-state index contributed by atoms with van der Waals surface area (Å²) in [5.41, 5.74) is 0. The van der Waals surface area contributed by atoms with E-state index in [1.54, 1.807) is 7.11 Å². The van der Waals surface area contributed by atoms with Gasteiger partial charge in [-0.2, -0.15) is 0 Å². The number of rotatable bonds is 3. The first-order chi connectivity index (χ1) is 7.79. The lowest BCUT2D eigenvalue weighted by molar-refractivity contribution is -0.124. The van der Waals surface area contributed by atoms with Gasteiger partial charge in [0.2, 0.25) is 5.91 Å². The van der Waals surface area contributed by atoms with E-state index in [4.69, 9.17) is 4.74 Å². The molecule has 2 fully saturated rings. The van der Waals surface area contributed by atoms with E-state index in [0.717, 1.165) is 38.6 Å². The highest BCUT2D eigenvalue weighted by Gasteiger charge is 2.28. The maximum absolute atomic E-state index is 11.9. The van der Waals surface area contributed by atoms with Crippen LogP contribution in [0.3, 0.4) is 0 Å². The smallest absolute Gasteiger partial charge is 0.237 e. The highest BCUT2D eigenvalue weighted by molar-refractivity contribution is 5.82. The summed E-state index contributed by atoms with van der Waals surface area (Å²) in [5, 5.41) is 6.41. The van der Waals surface area contributed by atoms with Gasteiger partial charge in [-0.3, -0.25) is 4.79 Å². The first kappa shape index (κ1) is 11.9. The van der Waals surface area contributed by atoms with Crippen molar-refractivity contribution < 1.29 is 9.53 Å². The van der Waals surface area contributed by atoms with Crippen LogP contribution < -0.4 is 10.6 Å². The van der Waals surface area contributed by atoms with Gasteiger partial charge in [-0.15, -0.1) is 0 Å². The Morgan fingerprint density at radius 2 is 2.19 bits per heavy atom. The summed E-state index contributed by atoms with van der Waals surface area (Å²) in [7, 11) is 1.75. The van der Waals surface area contributed by atoms with Crippen molar-refractivity contribution in [3.05, 3.63) is 0 Å². The van der Waals surface area contributed by atoms with Crippen LogP contribution in [0.25, 0.3) is 0 Å². The molecule has 0 bridgehead atoms. The molecule has 16 heavy (non-hydrogen) atoms. The number of hydrogen-bond acceptors (Lipinski definition) is 3. The fourth-order valence-corrected chi connectivity index (χ4v) is 2.66. The maximum Gasteiger partial charge on any atom is 0.237 e. The van der Waals surface area contributed by atoms with Crippen LogP contribution in [-0.4, -0.2) is 37.7 Å². The number of carbonyl (C=O) groups excluding carboxylic acids is 1. The minimum atomic E-state index is 0.0374. The average molecular weight is 226 g/mol. The lowest BCUT2D eigenvalue weighted by Gasteiger charge is -2.24. The predicted molar refractivity (Wildman–Crippen MR) is 62.2 cm³/mol. The highest BCUT2D eigenvalue weighted by atomic mass is 16.5. The molecule has 2 rings (SSSR count). The molecule has 1 saturated carbocycles. The van der Waals surface area contributed by atoms with Crippen molar-refractivity contribution >= 4 is 5.91 Å². The van der Waals surface area contributed by atoms with Crippen molar-refractivity contribution in [3.8, 4) is 0 Å². The number of ether oxygens (including phenoxy) is 1. The zero-order valence-electron chi connectivity index (χ0n) is 10.00. The number of nitrogens with one attached hydrogen (secondary N) is 2. The molecule has 2 N–H and O–H groups in total. The van der Waals surface area contributed by atoms with E-state index < -0.39 is 0 Å². The van der Waals surface area contributed by atoms with Crippen molar-refractivity contribution in [2.75, 3.05) is 13.7 Å². The monoisotopic (exact) mass is 226 g/mol. The summed E-state index contributed by atoms with van der Waals surface area (Å²) in [6.45, 7) is 0.976. The standard InChI is InChI=1S/C12H22N2O2/c1-16-10-6-5-9(8-10)14-12(15)11-4-2-3-7-13-11/h9-11,13H,2-8H2,1H3,(H,14,15)/t9?,10?,11-/m0/s1. The molecule has 92 valence electrons. The van der Waals surface area contributed by atoms with Gasteiger partial charge in [0, 0.05) is 13.2 Å². The highest BCUT2D eigenvalue weighted by Crippen LogP contribution is 2.21. The number of carbonyl (C=O) groups is 1. The maximum atomic E-state index is 11.9. The van der Waals surface area contributed by atoms with Gasteiger partial charge in [0.05, 0.1) is 12.1 Å². The Morgan fingerprint density at radius 3 is 2.81 bits per heavy atom. The van der Waals surface area contributed by atoms with Crippen LogP contribution in [0.15, 0.2) is 0 Å². The van der Waals surface area contributed by atoms with E-state index in [9.17, 15) is 4.79 Å². The van der Waals surface area contributed by atoms with Gasteiger partial charge < -0.3 is 15.4 Å². The van der Waals surface area contributed by atoms with Gasteiger partial charge in [-0.25, -0.2) is 0 Å². The molecule has 1 saturated heterocycles. The van der Waals surface area contributed by atoms with Gasteiger partial charge >= 0.3 is 0 Å². The van der Waals surface area contributed by atoms with Gasteiger partial charge in [-0.05, 0) is 38.6 Å². The summed E-state index contributed by atoms with van der Waals surface area (Å²) in [5.74, 6) is 0.182. The van der Waals surface area contributed by atoms with Crippen LogP contribution in [0, 0.1) is 0 Å². The molecule has 3 atom stereocenters. The Labute approximate surface area is 97.1 Å². The van der Waals surface area contributed by atoms with Crippen molar-refractivity contribution in [2.45, 2.75) is 56.7 Å². The lowest BCUT2D eigenvalue weighted by Crippen LogP contribution is -2.49. The molecule has 1 aliphatic carbocycles. The largest absolute Gasteiger partial charge is 0.381 e. The van der Waals surface area contributed by atoms with Crippen LogP contribution in [0.5, 0.6) is 0 Å². The molecule has 0 aromatic rings. The van der Waals surface area contributed by atoms with Crippen molar-refractivity contribution in [1.82, 2.24) is 10.6 Å². The van der Waals surface area contributed by atoms with Crippen LogP contribution in [0.1, 0.15) is 38.5 Å². The number of amides is 1. The van der Waals surface area contributed by atoms with Crippen molar-refractivity contribution in [1.29, 1.82) is 0 Å². The molecule has 1 aliphatic heterocycles. The van der Waals surface area contributed by atoms with Crippen molar-refractivity contribution in [2.24, 2.45) is 0 Å². The second-order valence-corrected chi connectivity index (χ2v) is 4.88. The zero-order chi connectivity index (χ0) is 11.4. The van der Waals surface area contributed by atoms with Crippen LogP contribution in [-0.2, 0) is 9.53 Å².